The van der Waals surface area contributed by atoms with Crippen LogP contribution >= 0.6 is 43.6 Å². The van der Waals surface area contributed by atoms with Gasteiger partial charge >= 0.3 is 6.03 Å². The molecule has 4 rings (SSSR count). The number of urea groups is 1. The number of benzene rings is 3. The molecule has 0 atom stereocenters. The second-order valence-corrected chi connectivity index (χ2v) is 10.2. The first-order valence-electron chi connectivity index (χ1n) is 11.0. The lowest BCUT2D eigenvalue weighted by Gasteiger charge is -2.12. The zero-order valence-corrected chi connectivity index (χ0v) is 23.4. The lowest BCUT2D eigenvalue weighted by Crippen LogP contribution is -2.35. The molecule has 1 aromatic heterocycles. The molecule has 190 valence electrons. The molecule has 0 saturated heterocycles. The molecule has 0 radical (unpaired) electrons. The predicted octanol–water partition coefficient (Wildman–Crippen LogP) is 6.00. The van der Waals surface area contributed by atoms with E-state index in [1.54, 1.807) is 41.0 Å². The van der Waals surface area contributed by atoms with Crippen molar-refractivity contribution in [2.45, 2.75) is 12.1 Å². The van der Waals surface area contributed by atoms with Gasteiger partial charge in [-0.15, -0.1) is 10.2 Å². The Balaban J connectivity index is 1.49. The van der Waals surface area contributed by atoms with E-state index >= 15 is 0 Å². The highest BCUT2D eigenvalue weighted by Crippen LogP contribution is 2.39. The molecular formula is C25H21Br2N5O4S. The SMILES string of the molecule is CCOc1ccc(NC(=O)NC(=O)CSc2nnc(-c3cc(Br)cc(Br)c3O)n2-c2ccccc2)cc1. The molecule has 0 aliphatic heterocycles. The van der Waals surface area contributed by atoms with E-state index in [0.717, 1.165) is 21.9 Å². The largest absolute Gasteiger partial charge is 0.506 e. The van der Waals surface area contributed by atoms with Gasteiger partial charge in [-0.05, 0) is 71.4 Å². The highest BCUT2D eigenvalue weighted by molar-refractivity contribution is 9.11. The van der Waals surface area contributed by atoms with Crippen molar-refractivity contribution >= 4 is 61.2 Å². The minimum atomic E-state index is -0.649. The number of halogens is 2. The lowest BCUT2D eigenvalue weighted by atomic mass is 10.2. The van der Waals surface area contributed by atoms with Crippen molar-refractivity contribution in [2.24, 2.45) is 0 Å². The number of nitrogens with one attached hydrogen (secondary N) is 2. The minimum absolute atomic E-state index is 0.00744. The Labute approximate surface area is 233 Å². The van der Waals surface area contributed by atoms with Crippen LogP contribution in [-0.2, 0) is 4.79 Å². The number of hydrogen-bond donors (Lipinski definition) is 3. The molecule has 3 aromatic carbocycles. The Hall–Kier alpha value is -3.35. The number of imide groups is 1. The number of carbonyl (C=O) groups excluding carboxylic acids is 2. The number of nitrogens with zero attached hydrogens (tertiary/aromatic N) is 3. The highest BCUT2D eigenvalue weighted by Gasteiger charge is 2.21. The van der Waals surface area contributed by atoms with Crippen molar-refractivity contribution in [2.75, 3.05) is 17.7 Å². The maximum atomic E-state index is 12.5. The third-order valence-electron chi connectivity index (χ3n) is 4.93. The van der Waals surface area contributed by atoms with Crippen LogP contribution in [0.2, 0.25) is 0 Å². The quantitative estimate of drug-likeness (QED) is 0.201. The summed E-state index contributed by atoms with van der Waals surface area (Å²) in [4.78, 5) is 24.8. The molecule has 3 amide bonds. The van der Waals surface area contributed by atoms with Gasteiger partial charge in [0.1, 0.15) is 11.5 Å². The number of amides is 3. The van der Waals surface area contributed by atoms with E-state index in [-0.39, 0.29) is 11.5 Å². The van der Waals surface area contributed by atoms with Crippen LogP contribution in [0, 0.1) is 0 Å². The van der Waals surface area contributed by atoms with Gasteiger partial charge in [0, 0.05) is 15.8 Å². The maximum absolute atomic E-state index is 12.5. The summed E-state index contributed by atoms with van der Waals surface area (Å²) in [5, 5.41) is 24.5. The average Bonchev–Trinajstić information content (AvgIpc) is 3.30. The van der Waals surface area contributed by atoms with Crippen molar-refractivity contribution in [3.8, 4) is 28.6 Å². The van der Waals surface area contributed by atoms with E-state index in [1.165, 1.54) is 0 Å². The second kappa shape index (κ2) is 12.3. The average molecular weight is 647 g/mol. The number of aromatic nitrogens is 3. The third kappa shape index (κ3) is 6.70. The molecule has 3 N–H and O–H groups in total. The van der Waals surface area contributed by atoms with Gasteiger partial charge in [-0.3, -0.25) is 14.7 Å². The molecule has 0 bridgehead atoms. The molecule has 0 unspecified atom stereocenters. The minimum Gasteiger partial charge on any atom is -0.506 e. The number of phenols is 1. The fourth-order valence-electron chi connectivity index (χ4n) is 3.34. The van der Waals surface area contributed by atoms with Crippen LogP contribution in [0.4, 0.5) is 10.5 Å². The third-order valence-corrected chi connectivity index (χ3v) is 6.92. The van der Waals surface area contributed by atoms with E-state index in [4.69, 9.17) is 4.74 Å². The number of ether oxygens (including phenoxy) is 1. The fourth-order valence-corrected chi connectivity index (χ4v) is 5.32. The molecule has 0 spiro atoms. The van der Waals surface area contributed by atoms with E-state index in [0.29, 0.717) is 39.1 Å². The number of para-hydroxylation sites is 1. The Morgan fingerprint density at radius 2 is 1.78 bits per heavy atom. The number of rotatable bonds is 8. The number of anilines is 1. The number of thioether (sulfide) groups is 1. The van der Waals surface area contributed by atoms with E-state index in [9.17, 15) is 14.7 Å². The van der Waals surface area contributed by atoms with Gasteiger partial charge in [-0.25, -0.2) is 4.79 Å². The zero-order chi connectivity index (χ0) is 26.4. The topological polar surface area (TPSA) is 118 Å². The summed E-state index contributed by atoms with van der Waals surface area (Å²) >= 11 is 7.90. The number of phenolic OH excluding ortho intramolecular Hbond substituents is 1. The number of aromatic hydroxyl groups is 1. The zero-order valence-electron chi connectivity index (χ0n) is 19.4. The Bertz CT molecular complexity index is 1410. The van der Waals surface area contributed by atoms with Gasteiger partial charge in [-0.2, -0.15) is 0 Å². The molecule has 0 aliphatic rings. The normalized spacial score (nSPS) is 10.7. The molecule has 12 heteroatoms. The van der Waals surface area contributed by atoms with Crippen LogP contribution < -0.4 is 15.4 Å². The molecule has 1 heterocycles. The molecule has 0 fully saturated rings. The first-order chi connectivity index (χ1) is 17.9. The van der Waals surface area contributed by atoms with Crippen LogP contribution in [0.5, 0.6) is 11.5 Å². The summed E-state index contributed by atoms with van der Waals surface area (Å²) < 4.78 is 8.35. The first-order valence-corrected chi connectivity index (χ1v) is 13.6. The maximum Gasteiger partial charge on any atom is 0.325 e. The summed E-state index contributed by atoms with van der Waals surface area (Å²) in [6, 6.07) is 19.0. The molecular weight excluding hydrogens is 626 g/mol. The Morgan fingerprint density at radius 3 is 2.49 bits per heavy atom. The van der Waals surface area contributed by atoms with Gasteiger partial charge in [-0.1, -0.05) is 45.9 Å². The van der Waals surface area contributed by atoms with Crippen LogP contribution in [0.25, 0.3) is 17.1 Å². The Morgan fingerprint density at radius 1 is 1.05 bits per heavy atom. The smallest absolute Gasteiger partial charge is 0.325 e. The van der Waals surface area contributed by atoms with E-state index in [1.807, 2.05) is 37.3 Å². The summed E-state index contributed by atoms with van der Waals surface area (Å²) in [7, 11) is 0. The standard InChI is InChI=1S/C25H21Br2N5O4S/c1-2-36-18-10-8-16(9-11-18)28-24(35)29-21(33)14-37-25-31-30-23(32(25)17-6-4-3-5-7-17)19-12-15(26)13-20(27)22(19)34/h3-13,34H,2,14H2,1H3,(H2,28,29,33,35). The van der Waals surface area contributed by atoms with Crippen LogP contribution in [-0.4, -0.2) is 44.2 Å². The van der Waals surface area contributed by atoms with E-state index < -0.39 is 11.9 Å². The number of carbonyl (C=O) groups is 2. The monoisotopic (exact) mass is 645 g/mol. The molecule has 9 nitrogen and oxygen atoms in total. The highest BCUT2D eigenvalue weighted by atomic mass is 79.9. The number of hydrogen-bond acceptors (Lipinski definition) is 7. The Kier molecular flexibility index (Phi) is 8.85. The van der Waals surface area contributed by atoms with Crippen molar-refractivity contribution in [1.82, 2.24) is 20.1 Å². The summed E-state index contributed by atoms with van der Waals surface area (Å²) in [5.41, 5.74) is 1.72. The fraction of sp³-hybridized carbons (Fsp3) is 0.120. The summed E-state index contributed by atoms with van der Waals surface area (Å²) in [6.07, 6.45) is 0. The molecule has 0 saturated carbocycles. The van der Waals surface area contributed by atoms with Crippen molar-refractivity contribution in [3.63, 3.8) is 0 Å². The van der Waals surface area contributed by atoms with Crippen LogP contribution in [0.1, 0.15) is 6.92 Å². The summed E-state index contributed by atoms with van der Waals surface area (Å²) in [6.45, 7) is 2.43. The molecule has 0 aliphatic carbocycles. The summed E-state index contributed by atoms with van der Waals surface area (Å²) in [5.74, 6) is 0.488. The molecule has 37 heavy (non-hydrogen) atoms. The molecule has 4 aromatic rings. The van der Waals surface area contributed by atoms with Crippen LogP contribution in [0.3, 0.4) is 0 Å². The van der Waals surface area contributed by atoms with Crippen molar-refractivity contribution in [1.29, 1.82) is 0 Å². The van der Waals surface area contributed by atoms with Gasteiger partial charge in [0.25, 0.3) is 0 Å². The van der Waals surface area contributed by atoms with E-state index in [2.05, 4.69) is 52.7 Å². The van der Waals surface area contributed by atoms with Gasteiger partial charge in [0.2, 0.25) is 5.91 Å². The lowest BCUT2D eigenvalue weighted by molar-refractivity contribution is -0.117. The van der Waals surface area contributed by atoms with Crippen LogP contribution in [0.15, 0.2) is 80.8 Å². The first kappa shape index (κ1) is 26.7. The van der Waals surface area contributed by atoms with Gasteiger partial charge in [0.15, 0.2) is 11.0 Å². The van der Waals surface area contributed by atoms with Gasteiger partial charge < -0.3 is 15.2 Å². The predicted molar refractivity (Wildman–Crippen MR) is 149 cm³/mol. The van der Waals surface area contributed by atoms with Crippen molar-refractivity contribution in [3.05, 3.63) is 75.7 Å². The van der Waals surface area contributed by atoms with Crippen molar-refractivity contribution < 1.29 is 19.4 Å². The second-order valence-electron chi connectivity index (χ2n) is 7.51. The van der Waals surface area contributed by atoms with Gasteiger partial charge in [0.05, 0.1) is 22.4 Å².